The molecule has 2 amide bonds. The molecule has 0 bridgehead atoms. The van der Waals surface area contributed by atoms with Gasteiger partial charge in [-0.25, -0.2) is 14.2 Å². The number of amides is 2. The number of benzene rings is 1. The standard InChI is InChI=1S/C20H20FN5O/c1-14-11-23-19(15-5-4-9-22-12-15)26(14)16-8-10-25(13-16)20(27)24-18-7-3-2-6-17(18)21/h2-7,9,11-12,16H,8,10,13H2,1H3,(H,24,27). The summed E-state index contributed by atoms with van der Waals surface area (Å²) in [6.07, 6.45) is 6.17. The second-order valence-electron chi connectivity index (χ2n) is 6.63. The first-order chi connectivity index (χ1) is 13.1. The van der Waals surface area contributed by atoms with Gasteiger partial charge in [-0.05, 0) is 37.6 Å². The number of halogens is 1. The molecule has 7 heteroatoms. The average Bonchev–Trinajstić information content (AvgIpc) is 3.31. The summed E-state index contributed by atoms with van der Waals surface area (Å²) >= 11 is 0. The van der Waals surface area contributed by atoms with Crippen LogP contribution in [0.2, 0.25) is 0 Å². The molecule has 1 aliphatic heterocycles. The number of pyridine rings is 1. The van der Waals surface area contributed by atoms with E-state index in [9.17, 15) is 9.18 Å². The Bertz CT molecular complexity index is 956. The lowest BCUT2D eigenvalue weighted by Gasteiger charge is -2.20. The Kier molecular flexibility index (Phi) is 4.58. The maximum atomic E-state index is 13.8. The molecule has 0 aliphatic carbocycles. The normalized spacial score (nSPS) is 16.5. The molecule has 2 aromatic heterocycles. The molecule has 1 fully saturated rings. The molecular formula is C20H20FN5O. The van der Waals surface area contributed by atoms with Crippen LogP contribution in [0.4, 0.5) is 14.9 Å². The molecule has 1 unspecified atom stereocenters. The van der Waals surface area contributed by atoms with Crippen LogP contribution in [-0.4, -0.2) is 38.6 Å². The molecule has 0 radical (unpaired) electrons. The number of urea groups is 1. The number of para-hydroxylation sites is 1. The lowest BCUT2D eigenvalue weighted by Crippen LogP contribution is -2.33. The third-order valence-electron chi connectivity index (χ3n) is 4.83. The molecule has 1 N–H and O–H groups in total. The number of aryl methyl sites for hydroxylation is 1. The molecule has 3 aromatic rings. The van der Waals surface area contributed by atoms with Crippen molar-refractivity contribution in [2.45, 2.75) is 19.4 Å². The number of hydrogen-bond acceptors (Lipinski definition) is 3. The lowest BCUT2D eigenvalue weighted by atomic mass is 10.2. The van der Waals surface area contributed by atoms with Crippen molar-refractivity contribution in [2.75, 3.05) is 18.4 Å². The van der Waals surface area contributed by atoms with Gasteiger partial charge in [-0.2, -0.15) is 0 Å². The minimum atomic E-state index is -0.439. The van der Waals surface area contributed by atoms with Gasteiger partial charge in [0.2, 0.25) is 0 Å². The minimum Gasteiger partial charge on any atom is -0.323 e. The maximum absolute atomic E-state index is 13.8. The molecule has 1 aliphatic rings. The highest BCUT2D eigenvalue weighted by Gasteiger charge is 2.30. The van der Waals surface area contributed by atoms with Crippen molar-refractivity contribution >= 4 is 11.7 Å². The van der Waals surface area contributed by atoms with Crippen molar-refractivity contribution in [3.63, 3.8) is 0 Å². The Morgan fingerprint density at radius 3 is 2.85 bits per heavy atom. The van der Waals surface area contributed by atoms with Crippen LogP contribution < -0.4 is 5.32 Å². The Morgan fingerprint density at radius 2 is 2.07 bits per heavy atom. The van der Waals surface area contributed by atoms with E-state index in [1.807, 2.05) is 25.3 Å². The number of anilines is 1. The fraction of sp³-hybridized carbons (Fsp3) is 0.250. The minimum absolute atomic E-state index is 0.120. The molecule has 27 heavy (non-hydrogen) atoms. The molecule has 0 spiro atoms. The first-order valence-electron chi connectivity index (χ1n) is 8.88. The van der Waals surface area contributed by atoms with Crippen LogP contribution in [0, 0.1) is 12.7 Å². The molecular weight excluding hydrogens is 345 g/mol. The van der Waals surface area contributed by atoms with Crippen LogP contribution in [0.25, 0.3) is 11.4 Å². The van der Waals surface area contributed by atoms with Gasteiger partial charge >= 0.3 is 6.03 Å². The van der Waals surface area contributed by atoms with Crippen LogP contribution in [0.1, 0.15) is 18.2 Å². The molecule has 138 valence electrons. The smallest absolute Gasteiger partial charge is 0.321 e. The van der Waals surface area contributed by atoms with Gasteiger partial charge < -0.3 is 14.8 Å². The number of aromatic nitrogens is 3. The fourth-order valence-corrected chi connectivity index (χ4v) is 3.51. The van der Waals surface area contributed by atoms with Gasteiger partial charge in [-0.3, -0.25) is 4.98 Å². The maximum Gasteiger partial charge on any atom is 0.321 e. The Balaban J connectivity index is 1.51. The van der Waals surface area contributed by atoms with E-state index in [2.05, 4.69) is 19.9 Å². The number of rotatable bonds is 3. The summed E-state index contributed by atoms with van der Waals surface area (Å²) in [6.45, 7) is 3.16. The van der Waals surface area contributed by atoms with Crippen LogP contribution >= 0.6 is 0 Å². The highest BCUT2D eigenvalue weighted by Crippen LogP contribution is 2.29. The SMILES string of the molecule is Cc1cnc(-c2cccnc2)n1C1CCN(C(=O)Nc2ccccc2F)C1. The van der Waals surface area contributed by atoms with Crippen LogP contribution in [-0.2, 0) is 0 Å². The van der Waals surface area contributed by atoms with Gasteiger partial charge in [0.25, 0.3) is 0 Å². The zero-order valence-corrected chi connectivity index (χ0v) is 15.0. The Labute approximate surface area is 156 Å². The van der Waals surface area contributed by atoms with E-state index in [0.717, 1.165) is 23.5 Å². The zero-order chi connectivity index (χ0) is 18.8. The number of imidazole rings is 1. The summed E-state index contributed by atoms with van der Waals surface area (Å²) in [5.41, 5.74) is 2.18. The van der Waals surface area contributed by atoms with Gasteiger partial charge in [-0.1, -0.05) is 12.1 Å². The number of carbonyl (C=O) groups is 1. The number of nitrogens with one attached hydrogen (secondary N) is 1. The number of hydrogen-bond donors (Lipinski definition) is 1. The summed E-state index contributed by atoms with van der Waals surface area (Å²) in [5, 5.41) is 2.66. The Hall–Kier alpha value is -3.22. The molecule has 1 atom stereocenters. The van der Waals surface area contributed by atoms with Gasteiger partial charge in [-0.15, -0.1) is 0 Å². The van der Waals surface area contributed by atoms with E-state index in [-0.39, 0.29) is 17.8 Å². The summed E-state index contributed by atoms with van der Waals surface area (Å²) in [7, 11) is 0. The number of carbonyl (C=O) groups excluding carboxylic acids is 1. The van der Waals surface area contributed by atoms with Crippen molar-refractivity contribution in [2.24, 2.45) is 0 Å². The van der Waals surface area contributed by atoms with Crippen LogP contribution in [0.5, 0.6) is 0 Å². The quantitative estimate of drug-likeness (QED) is 0.766. The van der Waals surface area contributed by atoms with E-state index >= 15 is 0 Å². The summed E-state index contributed by atoms with van der Waals surface area (Å²) < 4.78 is 15.9. The van der Waals surface area contributed by atoms with E-state index in [1.165, 1.54) is 6.07 Å². The van der Waals surface area contributed by atoms with Crippen molar-refractivity contribution in [1.82, 2.24) is 19.4 Å². The van der Waals surface area contributed by atoms with E-state index in [1.54, 1.807) is 35.5 Å². The summed E-state index contributed by atoms with van der Waals surface area (Å²) in [4.78, 5) is 23.0. The first kappa shape index (κ1) is 17.2. The third-order valence-corrected chi connectivity index (χ3v) is 4.83. The first-order valence-corrected chi connectivity index (χ1v) is 8.88. The van der Waals surface area contributed by atoms with Crippen molar-refractivity contribution in [3.05, 3.63) is 66.5 Å². The lowest BCUT2D eigenvalue weighted by molar-refractivity contribution is 0.220. The predicted octanol–water partition coefficient (Wildman–Crippen LogP) is 3.87. The second kappa shape index (κ2) is 7.19. The molecule has 1 saturated heterocycles. The molecule has 6 nitrogen and oxygen atoms in total. The van der Waals surface area contributed by atoms with Crippen LogP contribution in [0.3, 0.4) is 0 Å². The van der Waals surface area contributed by atoms with E-state index in [0.29, 0.717) is 13.1 Å². The molecule has 0 saturated carbocycles. The second-order valence-corrected chi connectivity index (χ2v) is 6.63. The fourth-order valence-electron chi connectivity index (χ4n) is 3.51. The molecule has 1 aromatic carbocycles. The highest BCUT2D eigenvalue weighted by atomic mass is 19.1. The monoisotopic (exact) mass is 365 g/mol. The van der Waals surface area contributed by atoms with E-state index < -0.39 is 5.82 Å². The number of nitrogens with zero attached hydrogens (tertiary/aromatic N) is 4. The van der Waals surface area contributed by atoms with Gasteiger partial charge in [0, 0.05) is 42.9 Å². The van der Waals surface area contributed by atoms with Gasteiger partial charge in [0.05, 0.1) is 11.7 Å². The predicted molar refractivity (Wildman–Crippen MR) is 101 cm³/mol. The van der Waals surface area contributed by atoms with Crippen molar-refractivity contribution < 1.29 is 9.18 Å². The molecule has 3 heterocycles. The third kappa shape index (κ3) is 3.40. The number of likely N-dealkylation sites (tertiary alicyclic amines) is 1. The summed E-state index contributed by atoms with van der Waals surface area (Å²) in [6, 6.07) is 9.87. The zero-order valence-electron chi connectivity index (χ0n) is 15.0. The average molecular weight is 365 g/mol. The van der Waals surface area contributed by atoms with Crippen molar-refractivity contribution in [3.8, 4) is 11.4 Å². The van der Waals surface area contributed by atoms with Crippen molar-refractivity contribution in [1.29, 1.82) is 0 Å². The Morgan fingerprint density at radius 1 is 1.22 bits per heavy atom. The highest BCUT2D eigenvalue weighted by molar-refractivity contribution is 5.89. The summed E-state index contributed by atoms with van der Waals surface area (Å²) in [5.74, 6) is 0.410. The van der Waals surface area contributed by atoms with Crippen LogP contribution in [0.15, 0.2) is 55.0 Å². The topological polar surface area (TPSA) is 63.1 Å². The van der Waals surface area contributed by atoms with E-state index in [4.69, 9.17) is 0 Å². The largest absolute Gasteiger partial charge is 0.323 e. The molecule has 4 rings (SSSR count). The van der Waals surface area contributed by atoms with Gasteiger partial charge in [0.15, 0.2) is 0 Å². The van der Waals surface area contributed by atoms with Gasteiger partial charge in [0.1, 0.15) is 11.6 Å².